The average molecular weight is 393 g/mol. The molecule has 4 rings (SSSR count). The van der Waals surface area contributed by atoms with Crippen LogP contribution in [0.1, 0.15) is 24.3 Å². The third-order valence-electron chi connectivity index (χ3n) is 5.24. The topological polar surface area (TPSA) is 65.9 Å². The van der Waals surface area contributed by atoms with Crippen LogP contribution >= 0.6 is 0 Å². The van der Waals surface area contributed by atoms with Crippen molar-refractivity contribution in [1.82, 2.24) is 19.4 Å². The minimum atomic E-state index is -0.332. The van der Waals surface area contributed by atoms with Gasteiger partial charge in [0.1, 0.15) is 11.5 Å². The van der Waals surface area contributed by atoms with Crippen LogP contribution in [0.2, 0.25) is 0 Å². The van der Waals surface area contributed by atoms with Gasteiger partial charge in [-0.3, -0.25) is 10.1 Å². The summed E-state index contributed by atoms with van der Waals surface area (Å²) < 4.78 is 15.5. The number of fused-ring (bicyclic) bond motifs is 2. The van der Waals surface area contributed by atoms with E-state index < -0.39 is 0 Å². The maximum absolute atomic E-state index is 13.4. The zero-order valence-corrected chi connectivity index (χ0v) is 16.6. The van der Waals surface area contributed by atoms with Crippen molar-refractivity contribution in [3.63, 3.8) is 0 Å². The lowest BCUT2D eigenvalue weighted by molar-refractivity contribution is 0.102. The van der Waals surface area contributed by atoms with Crippen LogP contribution in [0, 0.1) is 5.82 Å². The standard InChI is InChI=1S/C22H24FN5O/c1-3-27(4-2)11-12-28-20-8-6-5-7-18(20)25-22(28)26-21(29)19-14-15-13-16(23)9-10-17(15)24-19/h5-10,13-14,24H,3-4,11-12H2,1-2H3,(H,25,26,29). The SMILES string of the molecule is CCN(CC)CCn1c(NC(=O)c2cc3cc(F)ccc3[nH]2)nc2ccccc21. The molecule has 150 valence electrons. The minimum absolute atomic E-state index is 0.305. The van der Waals surface area contributed by atoms with E-state index in [9.17, 15) is 9.18 Å². The molecule has 0 aliphatic rings. The molecule has 7 heteroatoms. The third kappa shape index (κ3) is 3.86. The highest BCUT2D eigenvalue weighted by molar-refractivity contribution is 6.05. The fourth-order valence-electron chi connectivity index (χ4n) is 3.57. The van der Waals surface area contributed by atoms with Gasteiger partial charge in [0.05, 0.1) is 11.0 Å². The van der Waals surface area contributed by atoms with Crippen LogP contribution in [0.15, 0.2) is 48.5 Å². The Morgan fingerprint density at radius 1 is 1.17 bits per heavy atom. The summed E-state index contributed by atoms with van der Waals surface area (Å²) in [6.45, 7) is 7.79. The Kier molecular flexibility index (Phi) is 5.31. The van der Waals surface area contributed by atoms with Gasteiger partial charge in [-0.25, -0.2) is 9.37 Å². The lowest BCUT2D eigenvalue weighted by Gasteiger charge is -2.19. The summed E-state index contributed by atoms with van der Waals surface area (Å²) in [5.41, 5.74) is 2.90. The van der Waals surface area contributed by atoms with E-state index in [1.807, 2.05) is 28.8 Å². The van der Waals surface area contributed by atoms with E-state index in [0.717, 1.165) is 37.2 Å². The smallest absolute Gasteiger partial charge is 0.274 e. The number of hydrogen-bond acceptors (Lipinski definition) is 3. The van der Waals surface area contributed by atoms with Crippen molar-refractivity contribution in [2.75, 3.05) is 25.0 Å². The monoisotopic (exact) mass is 393 g/mol. The molecule has 2 aromatic carbocycles. The van der Waals surface area contributed by atoms with Gasteiger partial charge in [-0.1, -0.05) is 26.0 Å². The van der Waals surface area contributed by atoms with Gasteiger partial charge >= 0.3 is 0 Å². The van der Waals surface area contributed by atoms with Gasteiger partial charge in [0.15, 0.2) is 0 Å². The van der Waals surface area contributed by atoms with Crippen molar-refractivity contribution in [3.8, 4) is 0 Å². The number of para-hydroxylation sites is 2. The second-order valence-corrected chi connectivity index (χ2v) is 6.97. The molecule has 2 N–H and O–H groups in total. The summed E-state index contributed by atoms with van der Waals surface area (Å²) >= 11 is 0. The normalized spacial score (nSPS) is 11.6. The number of anilines is 1. The molecular formula is C22H24FN5O. The van der Waals surface area contributed by atoms with Gasteiger partial charge in [0, 0.05) is 24.0 Å². The van der Waals surface area contributed by atoms with Crippen molar-refractivity contribution in [2.24, 2.45) is 0 Å². The van der Waals surface area contributed by atoms with Crippen LogP contribution < -0.4 is 5.32 Å². The Hall–Kier alpha value is -3.19. The molecule has 6 nitrogen and oxygen atoms in total. The van der Waals surface area contributed by atoms with Crippen LogP contribution in [0.4, 0.5) is 10.3 Å². The van der Waals surface area contributed by atoms with Crippen LogP contribution in [0.25, 0.3) is 21.9 Å². The number of likely N-dealkylation sites (N-methyl/N-ethyl adjacent to an activating group) is 1. The highest BCUT2D eigenvalue weighted by atomic mass is 19.1. The molecular weight excluding hydrogens is 369 g/mol. The first-order valence-corrected chi connectivity index (χ1v) is 9.86. The number of halogens is 1. The molecule has 0 saturated heterocycles. The van der Waals surface area contributed by atoms with E-state index in [-0.39, 0.29) is 11.7 Å². The molecule has 4 aromatic rings. The second-order valence-electron chi connectivity index (χ2n) is 6.97. The Morgan fingerprint density at radius 2 is 1.97 bits per heavy atom. The Morgan fingerprint density at radius 3 is 2.76 bits per heavy atom. The zero-order chi connectivity index (χ0) is 20.4. The van der Waals surface area contributed by atoms with Crippen molar-refractivity contribution in [3.05, 3.63) is 60.0 Å². The van der Waals surface area contributed by atoms with Crippen LogP contribution in [-0.2, 0) is 6.54 Å². The number of carbonyl (C=O) groups excluding carboxylic acids is 1. The van der Waals surface area contributed by atoms with E-state index in [1.54, 1.807) is 12.1 Å². The first-order valence-electron chi connectivity index (χ1n) is 9.86. The zero-order valence-electron chi connectivity index (χ0n) is 16.6. The van der Waals surface area contributed by atoms with Crippen LogP contribution in [0.3, 0.4) is 0 Å². The maximum atomic E-state index is 13.4. The summed E-state index contributed by atoms with van der Waals surface area (Å²) in [4.78, 5) is 22.8. The number of H-pyrrole nitrogens is 1. The molecule has 0 bridgehead atoms. The molecule has 0 aliphatic carbocycles. The van der Waals surface area contributed by atoms with Crippen molar-refractivity contribution >= 4 is 33.8 Å². The number of nitrogens with zero attached hydrogens (tertiary/aromatic N) is 3. The fourth-order valence-corrected chi connectivity index (χ4v) is 3.57. The van der Waals surface area contributed by atoms with Crippen molar-refractivity contribution in [1.29, 1.82) is 0 Å². The Balaban J connectivity index is 1.63. The summed E-state index contributed by atoms with van der Waals surface area (Å²) in [6.07, 6.45) is 0. The molecule has 0 saturated carbocycles. The molecule has 2 aromatic heterocycles. The predicted octanol–water partition coefficient (Wildman–Crippen LogP) is 4.25. The first kappa shape index (κ1) is 19.1. The van der Waals surface area contributed by atoms with Crippen LogP contribution in [0.5, 0.6) is 0 Å². The molecule has 0 unspecified atom stereocenters. The van der Waals surface area contributed by atoms with Gasteiger partial charge in [0.25, 0.3) is 5.91 Å². The molecule has 2 heterocycles. The molecule has 0 radical (unpaired) electrons. The van der Waals surface area contributed by atoms with Crippen molar-refractivity contribution < 1.29 is 9.18 Å². The van der Waals surface area contributed by atoms with E-state index in [4.69, 9.17) is 0 Å². The third-order valence-corrected chi connectivity index (χ3v) is 5.24. The quantitative estimate of drug-likeness (QED) is 0.493. The fraction of sp³-hybridized carbons (Fsp3) is 0.273. The number of carbonyl (C=O) groups is 1. The lowest BCUT2D eigenvalue weighted by Crippen LogP contribution is -2.27. The second kappa shape index (κ2) is 8.05. The average Bonchev–Trinajstić information content (AvgIpc) is 3.29. The van der Waals surface area contributed by atoms with Crippen molar-refractivity contribution in [2.45, 2.75) is 20.4 Å². The number of aromatic nitrogens is 3. The molecule has 29 heavy (non-hydrogen) atoms. The summed E-state index contributed by atoms with van der Waals surface area (Å²) in [5, 5.41) is 3.58. The largest absolute Gasteiger partial charge is 0.351 e. The molecule has 0 aliphatic heterocycles. The number of hydrogen-bond donors (Lipinski definition) is 2. The molecule has 0 atom stereocenters. The highest BCUT2D eigenvalue weighted by Gasteiger charge is 2.16. The van der Waals surface area contributed by atoms with E-state index in [1.165, 1.54) is 12.1 Å². The number of amides is 1. The predicted molar refractivity (Wildman–Crippen MR) is 114 cm³/mol. The summed E-state index contributed by atoms with van der Waals surface area (Å²) in [5.74, 6) is -0.129. The number of aromatic amines is 1. The van der Waals surface area contributed by atoms with E-state index >= 15 is 0 Å². The number of benzene rings is 2. The van der Waals surface area contributed by atoms with Gasteiger partial charge < -0.3 is 14.5 Å². The van der Waals surface area contributed by atoms with Crippen LogP contribution in [-0.4, -0.2) is 45.0 Å². The Labute approximate surface area is 168 Å². The molecule has 0 spiro atoms. The maximum Gasteiger partial charge on any atom is 0.274 e. The highest BCUT2D eigenvalue weighted by Crippen LogP contribution is 2.21. The Bertz CT molecular complexity index is 1160. The summed E-state index contributed by atoms with van der Waals surface area (Å²) in [7, 11) is 0. The van der Waals surface area contributed by atoms with Gasteiger partial charge in [0.2, 0.25) is 5.95 Å². The van der Waals surface area contributed by atoms with Gasteiger partial charge in [-0.15, -0.1) is 0 Å². The number of rotatable bonds is 7. The lowest BCUT2D eigenvalue weighted by atomic mass is 10.2. The first-order chi connectivity index (χ1) is 14.1. The van der Waals surface area contributed by atoms with E-state index in [2.05, 4.69) is 34.0 Å². The summed E-state index contributed by atoms with van der Waals surface area (Å²) in [6, 6.07) is 13.9. The molecule has 1 amide bonds. The molecule has 0 fully saturated rings. The van der Waals surface area contributed by atoms with Gasteiger partial charge in [-0.05, 0) is 49.5 Å². The van der Waals surface area contributed by atoms with Gasteiger partial charge in [-0.2, -0.15) is 0 Å². The van der Waals surface area contributed by atoms with E-state index in [0.29, 0.717) is 22.5 Å². The number of imidazole rings is 1. The minimum Gasteiger partial charge on any atom is -0.351 e. The number of nitrogens with one attached hydrogen (secondary N) is 2.